The Labute approximate surface area is 172 Å². The van der Waals surface area contributed by atoms with Crippen molar-refractivity contribution >= 4 is 17.5 Å². The average molecular weight is 405 g/mol. The number of aromatic nitrogens is 2. The Morgan fingerprint density at radius 3 is 2.61 bits per heavy atom. The van der Waals surface area contributed by atoms with Crippen molar-refractivity contribution in [1.29, 1.82) is 5.26 Å². The number of hydrogen-bond acceptors (Lipinski definition) is 4. The van der Waals surface area contributed by atoms with Gasteiger partial charge >= 0.3 is 0 Å². The van der Waals surface area contributed by atoms with E-state index in [4.69, 9.17) is 16.9 Å². The van der Waals surface area contributed by atoms with Gasteiger partial charge in [-0.1, -0.05) is 31.5 Å². The number of halogens is 1. The topological polar surface area (TPSA) is 71.2 Å². The largest absolute Gasteiger partial charge is 0.388 e. The Hall–Kier alpha value is -2.36. The third kappa shape index (κ3) is 4.37. The van der Waals surface area contributed by atoms with Crippen molar-refractivity contribution in [1.82, 2.24) is 14.5 Å². The van der Waals surface area contributed by atoms with Gasteiger partial charge < -0.3 is 14.2 Å². The second kappa shape index (κ2) is 10.8. The molecule has 2 heterocycles. The molecule has 0 aliphatic carbocycles. The molecular weight excluding hydrogens is 376 g/mol. The summed E-state index contributed by atoms with van der Waals surface area (Å²) in [6.45, 7) is 6.55. The smallest absolute Gasteiger partial charge is 0.253 e. The highest BCUT2D eigenvalue weighted by atomic mass is 35.5. The number of ether oxygens (including phenoxy) is 1. The Balaban J connectivity index is 0.000000717. The van der Waals surface area contributed by atoms with Gasteiger partial charge in [-0.25, -0.2) is 4.98 Å². The number of nitrogens with zero attached hydrogens (tertiary/aromatic N) is 4. The predicted molar refractivity (Wildman–Crippen MR) is 111 cm³/mol. The first-order valence-corrected chi connectivity index (χ1v) is 9.71. The molecule has 1 unspecified atom stereocenters. The summed E-state index contributed by atoms with van der Waals surface area (Å²) >= 11 is 6.45. The molecule has 1 atom stereocenters. The van der Waals surface area contributed by atoms with Gasteiger partial charge in [0.2, 0.25) is 0 Å². The Kier molecular flexibility index (Phi) is 9.17. The van der Waals surface area contributed by atoms with Gasteiger partial charge in [0.25, 0.3) is 5.91 Å². The van der Waals surface area contributed by atoms with E-state index in [0.29, 0.717) is 23.6 Å². The van der Waals surface area contributed by atoms with Gasteiger partial charge in [0.1, 0.15) is 0 Å². The van der Waals surface area contributed by atoms with Crippen LogP contribution in [0.3, 0.4) is 0 Å². The Morgan fingerprint density at radius 2 is 2.07 bits per heavy atom. The number of hydrogen-bond donors (Lipinski definition) is 0. The third-order valence-corrected chi connectivity index (χ3v) is 4.90. The number of rotatable bonds is 3. The molecule has 152 valence electrons. The summed E-state index contributed by atoms with van der Waals surface area (Å²) < 4.78 is 6.18. The minimum atomic E-state index is -0.887. The summed E-state index contributed by atoms with van der Waals surface area (Å²) in [5.41, 5.74) is 1.33. The zero-order valence-electron chi connectivity index (χ0n) is 17.5. The summed E-state index contributed by atoms with van der Waals surface area (Å²) in [4.78, 5) is 19.1. The van der Waals surface area contributed by atoms with Crippen LogP contribution in [0.15, 0.2) is 30.7 Å². The van der Waals surface area contributed by atoms with E-state index in [1.165, 1.54) is 0 Å². The molecule has 0 radical (unpaired) electrons. The lowest BCUT2D eigenvalue weighted by Crippen LogP contribution is -2.48. The van der Waals surface area contributed by atoms with Crippen molar-refractivity contribution in [2.24, 2.45) is 0 Å². The molecule has 0 saturated carbocycles. The van der Waals surface area contributed by atoms with Gasteiger partial charge in [0.15, 0.2) is 5.54 Å². The van der Waals surface area contributed by atoms with Crippen LogP contribution >= 0.6 is 11.6 Å². The minimum absolute atomic E-state index is 0.0108. The number of amides is 1. The summed E-state index contributed by atoms with van der Waals surface area (Å²) in [5.74, 6) is -0.0108. The Bertz CT molecular complexity index is 828. The number of carbonyl (C=O) groups is 1. The van der Waals surface area contributed by atoms with Crippen LogP contribution < -0.4 is 0 Å². The van der Waals surface area contributed by atoms with Gasteiger partial charge in [-0.05, 0) is 31.9 Å². The molecule has 0 saturated heterocycles. The normalized spacial score (nSPS) is 16.6. The Morgan fingerprint density at radius 1 is 1.43 bits per heavy atom. The number of likely N-dealkylation sites (N-methyl/N-ethyl adjacent to an activating group) is 1. The van der Waals surface area contributed by atoms with Gasteiger partial charge in [-0.3, -0.25) is 4.79 Å². The molecule has 1 aromatic heterocycles. The van der Waals surface area contributed by atoms with Crippen molar-refractivity contribution in [2.75, 3.05) is 27.8 Å². The lowest BCUT2D eigenvalue weighted by Gasteiger charge is -2.34. The number of aryl methyl sites for hydroxylation is 1. The van der Waals surface area contributed by atoms with E-state index in [9.17, 15) is 4.79 Å². The van der Waals surface area contributed by atoms with E-state index in [1.54, 1.807) is 56.9 Å². The van der Waals surface area contributed by atoms with Crippen LogP contribution in [0.2, 0.25) is 5.02 Å². The fraction of sp³-hybridized carbons (Fsp3) is 0.476. The lowest BCUT2D eigenvalue weighted by molar-refractivity contribution is -0.137. The first-order chi connectivity index (χ1) is 13.5. The summed E-state index contributed by atoms with van der Waals surface area (Å²) in [6, 6.07) is 7.19. The highest BCUT2D eigenvalue weighted by Crippen LogP contribution is 2.42. The maximum atomic E-state index is 13.2. The number of imidazole rings is 1. The van der Waals surface area contributed by atoms with E-state index in [0.717, 1.165) is 17.7 Å². The predicted octanol–water partition coefficient (Wildman–Crippen LogP) is 3.87. The highest BCUT2D eigenvalue weighted by Gasteiger charge is 2.48. The molecule has 2 aromatic rings. The van der Waals surface area contributed by atoms with Crippen LogP contribution in [0.4, 0.5) is 0 Å². The number of methoxy groups -OCH3 is 1. The van der Waals surface area contributed by atoms with Crippen LogP contribution in [0, 0.1) is 11.3 Å². The highest BCUT2D eigenvalue weighted by molar-refractivity contribution is 6.32. The zero-order valence-corrected chi connectivity index (χ0v) is 18.2. The summed E-state index contributed by atoms with van der Waals surface area (Å²) in [7, 11) is 5.04. The lowest BCUT2D eigenvalue weighted by atomic mass is 9.85. The molecule has 3 rings (SSSR count). The van der Waals surface area contributed by atoms with Crippen molar-refractivity contribution in [3.8, 4) is 6.07 Å². The van der Waals surface area contributed by atoms with E-state index < -0.39 is 5.54 Å². The molecule has 1 aliphatic rings. The van der Waals surface area contributed by atoms with Crippen molar-refractivity contribution in [2.45, 2.75) is 39.2 Å². The second-order valence-electron chi connectivity index (χ2n) is 6.15. The van der Waals surface area contributed by atoms with Gasteiger partial charge in [-0.2, -0.15) is 5.26 Å². The molecule has 0 fully saturated rings. The van der Waals surface area contributed by atoms with E-state index in [1.807, 2.05) is 25.3 Å². The summed E-state index contributed by atoms with van der Waals surface area (Å²) in [5, 5.41) is 9.48. The second-order valence-corrected chi connectivity index (χ2v) is 6.56. The number of fused-ring (bicyclic) bond motifs is 1. The molecule has 1 amide bonds. The standard InChI is InChI=1S/C17H17ClN4O.C2H6O.C2H6/c1-3-21(2)16(23)17(7-6-13-10-20-11-22(13)17)14-5-4-12(9-19)8-15(14)18;1-3-2;1-2/h4-5,8,10-11H,3,6-7H2,1-2H3;1-2H3;1-2H3. The monoisotopic (exact) mass is 404 g/mol. The van der Waals surface area contributed by atoms with Crippen molar-refractivity contribution in [3.63, 3.8) is 0 Å². The average Bonchev–Trinajstić information content (AvgIpc) is 3.32. The molecular formula is C21H29ClN4O2. The first kappa shape index (κ1) is 23.7. The van der Waals surface area contributed by atoms with Crippen LogP contribution in [-0.2, 0) is 21.5 Å². The maximum absolute atomic E-state index is 13.2. The summed E-state index contributed by atoms with van der Waals surface area (Å²) in [6.07, 6.45) is 4.88. The van der Waals surface area contributed by atoms with E-state index in [-0.39, 0.29) is 5.91 Å². The number of benzene rings is 1. The number of nitriles is 1. The molecule has 28 heavy (non-hydrogen) atoms. The quantitative estimate of drug-likeness (QED) is 0.778. The molecule has 0 bridgehead atoms. The van der Waals surface area contributed by atoms with Crippen LogP contribution in [0.5, 0.6) is 0 Å². The molecule has 1 aliphatic heterocycles. The van der Waals surface area contributed by atoms with Gasteiger partial charge in [0.05, 0.1) is 18.0 Å². The van der Waals surface area contributed by atoms with Crippen molar-refractivity contribution < 1.29 is 9.53 Å². The molecule has 0 N–H and O–H groups in total. The van der Waals surface area contributed by atoms with E-state index >= 15 is 0 Å². The fourth-order valence-corrected chi connectivity index (χ4v) is 3.59. The van der Waals surface area contributed by atoms with Crippen molar-refractivity contribution in [3.05, 3.63) is 52.6 Å². The van der Waals surface area contributed by atoms with Gasteiger partial charge in [0, 0.05) is 50.3 Å². The number of carbonyl (C=O) groups excluding carboxylic acids is 1. The van der Waals surface area contributed by atoms with Gasteiger partial charge in [-0.15, -0.1) is 0 Å². The molecule has 7 heteroatoms. The molecule has 1 aromatic carbocycles. The minimum Gasteiger partial charge on any atom is -0.388 e. The zero-order chi connectivity index (χ0) is 21.3. The maximum Gasteiger partial charge on any atom is 0.253 e. The third-order valence-electron chi connectivity index (χ3n) is 4.59. The fourth-order valence-electron chi connectivity index (χ4n) is 3.25. The first-order valence-electron chi connectivity index (χ1n) is 9.33. The van der Waals surface area contributed by atoms with E-state index in [2.05, 4.69) is 15.8 Å². The SMILES string of the molecule is CC.CCN(C)C(=O)C1(c2ccc(C#N)cc2Cl)CCc2cncn21.COC. The van der Waals surface area contributed by atoms with Crippen LogP contribution in [0.1, 0.15) is 44.0 Å². The molecule has 6 nitrogen and oxygen atoms in total. The van der Waals surface area contributed by atoms with Crippen LogP contribution in [0.25, 0.3) is 0 Å². The van der Waals surface area contributed by atoms with Crippen LogP contribution in [-0.4, -0.2) is 48.2 Å². The molecule has 0 spiro atoms.